The predicted octanol–water partition coefficient (Wildman–Crippen LogP) is 2.62. The molecule has 0 saturated heterocycles. The number of ether oxygens (including phenoxy) is 1. The summed E-state index contributed by atoms with van der Waals surface area (Å²) in [4.78, 5) is 12.1. The lowest BCUT2D eigenvalue weighted by molar-refractivity contribution is 0.00692. The second-order valence-corrected chi connectivity index (χ2v) is 6.10. The highest BCUT2D eigenvalue weighted by Gasteiger charge is 2.34. The SMILES string of the molecule is CC(C)(C)OC(=O)c1ccccc1C#C[C@@H]1C[C@H]1CO. The molecule has 3 heteroatoms. The highest BCUT2D eigenvalue weighted by Crippen LogP contribution is 2.37. The van der Waals surface area contributed by atoms with Crippen molar-refractivity contribution >= 4 is 5.97 Å². The van der Waals surface area contributed by atoms with Crippen LogP contribution in [0.1, 0.15) is 43.1 Å². The van der Waals surface area contributed by atoms with Crippen LogP contribution in [0.25, 0.3) is 0 Å². The van der Waals surface area contributed by atoms with Crippen molar-refractivity contribution in [3.05, 3.63) is 35.4 Å². The second kappa shape index (κ2) is 5.68. The Kier molecular flexibility index (Phi) is 4.15. The number of hydrogen-bond donors (Lipinski definition) is 1. The van der Waals surface area contributed by atoms with Crippen molar-refractivity contribution in [2.45, 2.75) is 32.8 Å². The van der Waals surface area contributed by atoms with Gasteiger partial charge in [-0.15, -0.1) is 0 Å². The smallest absolute Gasteiger partial charge is 0.339 e. The lowest BCUT2D eigenvalue weighted by atomic mass is 10.1. The number of carbonyl (C=O) groups excluding carboxylic acids is 1. The third-order valence-corrected chi connectivity index (χ3v) is 3.10. The summed E-state index contributed by atoms with van der Waals surface area (Å²) >= 11 is 0. The molecule has 2 atom stereocenters. The number of carbonyl (C=O) groups is 1. The van der Waals surface area contributed by atoms with E-state index in [1.807, 2.05) is 32.9 Å². The van der Waals surface area contributed by atoms with Gasteiger partial charge in [-0.2, -0.15) is 0 Å². The van der Waals surface area contributed by atoms with Crippen LogP contribution in [-0.2, 0) is 4.74 Å². The molecular formula is C17H20O3. The highest BCUT2D eigenvalue weighted by molar-refractivity contribution is 5.92. The van der Waals surface area contributed by atoms with Crippen LogP contribution in [0.15, 0.2) is 24.3 Å². The molecule has 106 valence electrons. The van der Waals surface area contributed by atoms with E-state index in [1.54, 1.807) is 12.1 Å². The zero-order valence-corrected chi connectivity index (χ0v) is 12.1. The Morgan fingerprint density at radius 2 is 2.10 bits per heavy atom. The lowest BCUT2D eigenvalue weighted by Gasteiger charge is -2.19. The molecule has 3 nitrogen and oxygen atoms in total. The van der Waals surface area contributed by atoms with Gasteiger partial charge in [0, 0.05) is 18.1 Å². The summed E-state index contributed by atoms with van der Waals surface area (Å²) < 4.78 is 5.38. The Bertz CT molecular complexity index is 558. The fraction of sp³-hybridized carbons (Fsp3) is 0.471. The van der Waals surface area contributed by atoms with Crippen LogP contribution in [0.4, 0.5) is 0 Å². The second-order valence-electron chi connectivity index (χ2n) is 6.10. The minimum absolute atomic E-state index is 0.188. The first-order valence-electron chi connectivity index (χ1n) is 6.85. The van der Waals surface area contributed by atoms with Crippen molar-refractivity contribution in [2.24, 2.45) is 11.8 Å². The topological polar surface area (TPSA) is 46.5 Å². The average molecular weight is 272 g/mol. The first-order chi connectivity index (χ1) is 9.40. The molecule has 1 aromatic rings. The summed E-state index contributed by atoms with van der Waals surface area (Å²) in [6.07, 6.45) is 0.943. The van der Waals surface area contributed by atoms with Gasteiger partial charge < -0.3 is 9.84 Å². The third kappa shape index (κ3) is 3.85. The molecule has 0 radical (unpaired) electrons. The van der Waals surface area contributed by atoms with Gasteiger partial charge in [-0.25, -0.2) is 4.79 Å². The Hall–Kier alpha value is -1.79. The fourth-order valence-electron chi connectivity index (χ4n) is 1.90. The number of rotatable bonds is 2. The third-order valence-electron chi connectivity index (χ3n) is 3.10. The Labute approximate surface area is 120 Å². The van der Waals surface area contributed by atoms with Crippen LogP contribution in [0.3, 0.4) is 0 Å². The van der Waals surface area contributed by atoms with Crippen molar-refractivity contribution in [1.82, 2.24) is 0 Å². The first kappa shape index (κ1) is 14.6. The van der Waals surface area contributed by atoms with E-state index in [0.717, 1.165) is 6.42 Å². The molecule has 1 aliphatic carbocycles. The number of aliphatic hydroxyl groups excluding tert-OH is 1. The van der Waals surface area contributed by atoms with E-state index in [0.29, 0.717) is 17.0 Å². The molecule has 0 heterocycles. The fourth-order valence-corrected chi connectivity index (χ4v) is 1.90. The molecule has 1 fully saturated rings. The van der Waals surface area contributed by atoms with Crippen LogP contribution in [0.5, 0.6) is 0 Å². The maximum Gasteiger partial charge on any atom is 0.339 e. The number of benzene rings is 1. The van der Waals surface area contributed by atoms with Gasteiger partial charge in [-0.1, -0.05) is 24.0 Å². The summed E-state index contributed by atoms with van der Waals surface area (Å²) in [6, 6.07) is 7.21. The molecule has 0 amide bonds. The van der Waals surface area contributed by atoms with E-state index >= 15 is 0 Å². The van der Waals surface area contributed by atoms with Crippen LogP contribution >= 0.6 is 0 Å². The van der Waals surface area contributed by atoms with Crippen LogP contribution in [0.2, 0.25) is 0 Å². The number of aliphatic hydroxyl groups is 1. The van der Waals surface area contributed by atoms with Crippen molar-refractivity contribution in [2.75, 3.05) is 6.61 Å². The summed E-state index contributed by atoms with van der Waals surface area (Å²) in [5, 5.41) is 9.00. The van der Waals surface area contributed by atoms with Gasteiger partial charge in [-0.3, -0.25) is 0 Å². The molecule has 2 rings (SSSR count). The summed E-state index contributed by atoms with van der Waals surface area (Å²) in [5.74, 6) is 6.37. The van der Waals surface area contributed by atoms with Gasteiger partial charge in [0.2, 0.25) is 0 Å². The first-order valence-corrected chi connectivity index (χ1v) is 6.85. The molecule has 0 aliphatic heterocycles. The molecule has 0 spiro atoms. The maximum atomic E-state index is 12.1. The van der Waals surface area contributed by atoms with Gasteiger partial charge in [0.15, 0.2) is 0 Å². The van der Waals surface area contributed by atoms with E-state index in [2.05, 4.69) is 11.8 Å². The zero-order valence-electron chi connectivity index (χ0n) is 12.1. The van der Waals surface area contributed by atoms with Gasteiger partial charge in [0.25, 0.3) is 0 Å². The molecule has 0 unspecified atom stereocenters. The Morgan fingerprint density at radius 3 is 2.70 bits per heavy atom. The van der Waals surface area contributed by atoms with E-state index in [4.69, 9.17) is 9.84 Å². The standard InChI is InChI=1S/C17H20O3/c1-17(2,3)20-16(19)15-7-5-4-6-12(15)8-9-13-10-14(13)11-18/h4-7,13-14,18H,10-11H2,1-3H3/t13-,14+/m1/s1. The summed E-state index contributed by atoms with van der Waals surface area (Å²) in [5.41, 5.74) is 0.664. The van der Waals surface area contributed by atoms with Gasteiger partial charge in [0.1, 0.15) is 5.60 Å². The molecular weight excluding hydrogens is 252 g/mol. The molecule has 0 bridgehead atoms. The molecule has 1 aromatic carbocycles. The van der Waals surface area contributed by atoms with Crippen LogP contribution in [0, 0.1) is 23.7 Å². The minimum Gasteiger partial charge on any atom is -0.456 e. The van der Waals surface area contributed by atoms with Crippen LogP contribution < -0.4 is 0 Å². The van der Waals surface area contributed by atoms with E-state index in [9.17, 15) is 4.79 Å². The molecule has 0 aromatic heterocycles. The van der Waals surface area contributed by atoms with Crippen molar-refractivity contribution in [3.63, 3.8) is 0 Å². The highest BCUT2D eigenvalue weighted by atomic mass is 16.6. The molecule has 1 saturated carbocycles. The molecule has 20 heavy (non-hydrogen) atoms. The average Bonchev–Trinajstić information content (AvgIpc) is 3.13. The predicted molar refractivity (Wildman–Crippen MR) is 77.2 cm³/mol. The van der Waals surface area contributed by atoms with E-state index in [-0.39, 0.29) is 18.5 Å². The quantitative estimate of drug-likeness (QED) is 0.665. The monoisotopic (exact) mass is 272 g/mol. The Morgan fingerprint density at radius 1 is 1.40 bits per heavy atom. The lowest BCUT2D eigenvalue weighted by Crippen LogP contribution is -2.24. The molecule has 1 aliphatic rings. The number of esters is 1. The van der Waals surface area contributed by atoms with E-state index < -0.39 is 5.60 Å². The maximum absolute atomic E-state index is 12.1. The van der Waals surface area contributed by atoms with Crippen LogP contribution in [-0.4, -0.2) is 23.3 Å². The Balaban J connectivity index is 2.16. The summed E-state index contributed by atoms with van der Waals surface area (Å²) in [7, 11) is 0. The van der Waals surface area contributed by atoms with Gasteiger partial charge in [-0.05, 0) is 45.2 Å². The number of hydrogen-bond acceptors (Lipinski definition) is 3. The van der Waals surface area contributed by atoms with Crippen molar-refractivity contribution in [3.8, 4) is 11.8 Å². The minimum atomic E-state index is -0.518. The van der Waals surface area contributed by atoms with E-state index in [1.165, 1.54) is 0 Å². The zero-order chi connectivity index (χ0) is 14.8. The molecule has 1 N–H and O–H groups in total. The normalized spacial score (nSPS) is 20.8. The van der Waals surface area contributed by atoms with Crippen molar-refractivity contribution in [1.29, 1.82) is 0 Å². The van der Waals surface area contributed by atoms with Gasteiger partial charge in [0.05, 0.1) is 5.56 Å². The summed E-state index contributed by atoms with van der Waals surface area (Å²) in [6.45, 7) is 5.72. The largest absolute Gasteiger partial charge is 0.456 e. The van der Waals surface area contributed by atoms with Crippen molar-refractivity contribution < 1.29 is 14.6 Å². The van der Waals surface area contributed by atoms with Gasteiger partial charge >= 0.3 is 5.97 Å².